The molecule has 0 spiro atoms. The minimum Gasteiger partial charge on any atom is -0.370 e. The highest BCUT2D eigenvalue weighted by Crippen LogP contribution is 2.31. The first-order chi connectivity index (χ1) is 8.25. The van der Waals surface area contributed by atoms with Crippen LogP contribution in [0, 0.1) is 11.8 Å². The van der Waals surface area contributed by atoms with Crippen LogP contribution in [0.3, 0.4) is 0 Å². The molecule has 0 radical (unpaired) electrons. The monoisotopic (exact) mass is 230 g/mol. The number of rotatable bonds is 2. The highest BCUT2D eigenvalue weighted by atomic mass is 16.5. The van der Waals surface area contributed by atoms with Gasteiger partial charge in [0.25, 0.3) is 0 Å². The summed E-state index contributed by atoms with van der Waals surface area (Å²) in [4.78, 5) is 12.4. The zero-order chi connectivity index (χ0) is 11.8. The lowest BCUT2D eigenvalue weighted by Gasteiger charge is -2.17. The van der Waals surface area contributed by atoms with E-state index in [0.717, 1.165) is 25.9 Å². The fraction of sp³-hybridized carbons (Fsp3) is 0.533. The van der Waals surface area contributed by atoms with Crippen LogP contribution in [0.25, 0.3) is 0 Å². The van der Waals surface area contributed by atoms with Crippen LogP contribution in [-0.2, 0) is 22.4 Å². The lowest BCUT2D eigenvalue weighted by atomic mass is 9.90. The molecule has 90 valence electrons. The third kappa shape index (κ3) is 1.91. The number of ketones is 1. The van der Waals surface area contributed by atoms with E-state index in [1.54, 1.807) is 0 Å². The van der Waals surface area contributed by atoms with Crippen LogP contribution < -0.4 is 0 Å². The molecule has 1 aromatic rings. The van der Waals surface area contributed by atoms with E-state index in [1.807, 2.05) is 0 Å². The highest BCUT2D eigenvalue weighted by Gasteiger charge is 2.37. The Bertz CT molecular complexity index is 413. The predicted molar refractivity (Wildman–Crippen MR) is 65.9 cm³/mol. The molecule has 0 N–H and O–H groups in total. The Morgan fingerprint density at radius 3 is 2.41 bits per heavy atom. The predicted octanol–water partition coefficient (Wildman–Crippen LogP) is 2.40. The minimum absolute atomic E-state index is 0.144. The van der Waals surface area contributed by atoms with Crippen molar-refractivity contribution in [2.24, 2.45) is 11.8 Å². The van der Waals surface area contributed by atoms with Crippen LogP contribution in [0.4, 0.5) is 0 Å². The Morgan fingerprint density at radius 2 is 1.88 bits per heavy atom. The quantitative estimate of drug-likeness (QED) is 0.779. The summed E-state index contributed by atoms with van der Waals surface area (Å²) in [6.45, 7) is 2.87. The van der Waals surface area contributed by atoms with Gasteiger partial charge >= 0.3 is 0 Å². The van der Waals surface area contributed by atoms with E-state index in [2.05, 4.69) is 31.2 Å². The van der Waals surface area contributed by atoms with Crippen molar-refractivity contribution in [2.75, 3.05) is 6.61 Å². The third-order valence-corrected chi connectivity index (χ3v) is 4.12. The second-order valence-corrected chi connectivity index (χ2v) is 5.33. The summed E-state index contributed by atoms with van der Waals surface area (Å²) in [5.41, 5.74) is 2.69. The van der Waals surface area contributed by atoms with Gasteiger partial charge in [-0.1, -0.05) is 31.2 Å². The van der Waals surface area contributed by atoms with Gasteiger partial charge in [-0.15, -0.1) is 0 Å². The Hall–Kier alpha value is -1.15. The molecule has 1 aliphatic carbocycles. The summed E-state index contributed by atoms with van der Waals surface area (Å²) in [6, 6.07) is 8.39. The van der Waals surface area contributed by atoms with Crippen molar-refractivity contribution >= 4 is 5.78 Å². The molecule has 2 atom stereocenters. The molecule has 0 saturated carbocycles. The second-order valence-electron chi connectivity index (χ2n) is 5.33. The van der Waals surface area contributed by atoms with Gasteiger partial charge in [-0.25, -0.2) is 0 Å². The van der Waals surface area contributed by atoms with E-state index in [9.17, 15) is 4.79 Å². The standard InChI is InChI=1S/C15H18O2/c1-10-6-7-17-15(10)14(16)13-8-11-4-2-3-5-12(11)9-13/h2-5,10,13,15H,6-9H2,1H3. The Balaban J connectivity index is 1.74. The fourth-order valence-corrected chi connectivity index (χ4v) is 3.05. The maximum absolute atomic E-state index is 12.4. The number of benzene rings is 1. The number of hydrogen-bond donors (Lipinski definition) is 0. The fourth-order valence-electron chi connectivity index (χ4n) is 3.05. The van der Waals surface area contributed by atoms with E-state index < -0.39 is 0 Å². The first-order valence-corrected chi connectivity index (χ1v) is 6.48. The molecule has 1 fully saturated rings. The molecule has 1 heterocycles. The molecule has 1 aromatic carbocycles. The van der Waals surface area contributed by atoms with Crippen LogP contribution in [-0.4, -0.2) is 18.5 Å². The van der Waals surface area contributed by atoms with Gasteiger partial charge < -0.3 is 4.74 Å². The number of hydrogen-bond acceptors (Lipinski definition) is 2. The average molecular weight is 230 g/mol. The number of fused-ring (bicyclic) bond motifs is 1. The van der Waals surface area contributed by atoms with Crippen molar-refractivity contribution in [3.8, 4) is 0 Å². The first kappa shape index (κ1) is 11.0. The molecule has 2 nitrogen and oxygen atoms in total. The van der Waals surface area contributed by atoms with Crippen molar-refractivity contribution in [1.29, 1.82) is 0 Å². The highest BCUT2D eigenvalue weighted by molar-refractivity contribution is 5.87. The zero-order valence-corrected chi connectivity index (χ0v) is 10.2. The van der Waals surface area contributed by atoms with E-state index in [0.29, 0.717) is 11.7 Å². The molecule has 2 unspecified atom stereocenters. The van der Waals surface area contributed by atoms with Gasteiger partial charge in [-0.2, -0.15) is 0 Å². The molecule has 0 bridgehead atoms. The number of Topliss-reactive ketones (excluding diaryl/α,β-unsaturated/α-hetero) is 1. The molecule has 1 aliphatic heterocycles. The summed E-state index contributed by atoms with van der Waals surface area (Å²) in [5, 5.41) is 0. The van der Waals surface area contributed by atoms with Crippen LogP contribution >= 0.6 is 0 Å². The first-order valence-electron chi connectivity index (χ1n) is 6.48. The Kier molecular flexibility index (Phi) is 2.75. The van der Waals surface area contributed by atoms with E-state index in [-0.39, 0.29) is 12.0 Å². The maximum Gasteiger partial charge on any atom is 0.165 e. The number of carbonyl (C=O) groups excluding carboxylic acids is 1. The number of carbonyl (C=O) groups is 1. The topological polar surface area (TPSA) is 26.3 Å². The van der Waals surface area contributed by atoms with Crippen molar-refractivity contribution in [3.63, 3.8) is 0 Å². The molecular formula is C15H18O2. The van der Waals surface area contributed by atoms with Crippen LogP contribution in [0.5, 0.6) is 0 Å². The second kappa shape index (κ2) is 4.26. The van der Waals surface area contributed by atoms with E-state index >= 15 is 0 Å². The average Bonchev–Trinajstić information content (AvgIpc) is 2.93. The van der Waals surface area contributed by atoms with Gasteiger partial charge in [-0.3, -0.25) is 4.79 Å². The van der Waals surface area contributed by atoms with Crippen molar-refractivity contribution in [3.05, 3.63) is 35.4 Å². The molecule has 17 heavy (non-hydrogen) atoms. The Labute approximate surface area is 102 Å². The summed E-state index contributed by atoms with van der Waals surface area (Å²) in [5.74, 6) is 0.871. The van der Waals surface area contributed by atoms with Crippen LogP contribution in [0.2, 0.25) is 0 Å². The molecular weight excluding hydrogens is 212 g/mol. The molecule has 2 heteroatoms. The molecule has 0 aromatic heterocycles. The van der Waals surface area contributed by atoms with E-state index in [4.69, 9.17) is 4.74 Å². The summed E-state index contributed by atoms with van der Waals surface area (Å²) in [7, 11) is 0. The van der Waals surface area contributed by atoms with Gasteiger partial charge in [0, 0.05) is 12.5 Å². The lowest BCUT2D eigenvalue weighted by Crippen LogP contribution is -2.32. The Morgan fingerprint density at radius 1 is 1.24 bits per heavy atom. The van der Waals surface area contributed by atoms with Gasteiger partial charge in [0.05, 0.1) is 0 Å². The summed E-state index contributed by atoms with van der Waals surface area (Å²) >= 11 is 0. The van der Waals surface area contributed by atoms with Crippen molar-refractivity contribution in [1.82, 2.24) is 0 Å². The number of ether oxygens (including phenoxy) is 1. The molecule has 0 amide bonds. The third-order valence-electron chi connectivity index (χ3n) is 4.12. The lowest BCUT2D eigenvalue weighted by molar-refractivity contribution is -0.133. The van der Waals surface area contributed by atoms with Crippen molar-refractivity contribution < 1.29 is 9.53 Å². The van der Waals surface area contributed by atoms with E-state index in [1.165, 1.54) is 11.1 Å². The summed E-state index contributed by atoms with van der Waals surface area (Å²) < 4.78 is 5.59. The van der Waals surface area contributed by atoms with Gasteiger partial charge in [0.2, 0.25) is 0 Å². The smallest absolute Gasteiger partial charge is 0.165 e. The van der Waals surface area contributed by atoms with Crippen molar-refractivity contribution in [2.45, 2.75) is 32.3 Å². The largest absolute Gasteiger partial charge is 0.370 e. The van der Waals surface area contributed by atoms with Gasteiger partial charge in [0.15, 0.2) is 5.78 Å². The van der Waals surface area contributed by atoms with Crippen LogP contribution in [0.1, 0.15) is 24.5 Å². The maximum atomic E-state index is 12.4. The van der Waals surface area contributed by atoms with Gasteiger partial charge in [-0.05, 0) is 36.3 Å². The normalized spacial score (nSPS) is 28.3. The minimum atomic E-state index is -0.144. The summed E-state index contributed by atoms with van der Waals surface area (Å²) in [6.07, 6.45) is 2.69. The van der Waals surface area contributed by atoms with Gasteiger partial charge in [0.1, 0.15) is 6.10 Å². The molecule has 3 rings (SSSR count). The van der Waals surface area contributed by atoms with Crippen LogP contribution in [0.15, 0.2) is 24.3 Å². The SMILES string of the molecule is CC1CCOC1C(=O)C1Cc2ccccc2C1. The molecule has 2 aliphatic rings. The zero-order valence-electron chi connectivity index (χ0n) is 10.2. The molecule has 1 saturated heterocycles.